The molecule has 2 N–H and O–H groups in total. The molecule has 0 aliphatic carbocycles. The Labute approximate surface area is 212 Å². The van der Waals surface area contributed by atoms with Crippen LogP contribution < -0.4 is 20.1 Å². The molecule has 1 heterocycles. The molecule has 1 aliphatic rings. The van der Waals surface area contributed by atoms with E-state index in [4.69, 9.17) is 9.47 Å². The molecule has 0 unspecified atom stereocenters. The summed E-state index contributed by atoms with van der Waals surface area (Å²) in [6.45, 7) is 2.48. The first kappa shape index (κ1) is 25.1. The van der Waals surface area contributed by atoms with E-state index in [0.29, 0.717) is 30.2 Å². The lowest BCUT2D eigenvalue weighted by Crippen LogP contribution is -2.31. The van der Waals surface area contributed by atoms with Gasteiger partial charge in [0.25, 0.3) is 5.91 Å². The standard InChI is InChI=1S/C29H33N3O4/c33-28(22-30-24-16-14-23(15-17-24)29(34)32-18-8-1-2-9-19-32)31-26-12-6-7-13-27(26)36-21-20-35-25-10-4-3-5-11-25/h3-7,10-17,30H,1-2,8-9,18-22H2,(H,31,33). The molecule has 0 spiro atoms. The molecule has 1 saturated heterocycles. The van der Waals surface area contributed by atoms with Gasteiger partial charge in [-0.25, -0.2) is 0 Å². The van der Waals surface area contributed by atoms with E-state index in [1.54, 1.807) is 6.07 Å². The summed E-state index contributed by atoms with van der Waals surface area (Å²) in [5.74, 6) is 1.25. The lowest BCUT2D eigenvalue weighted by Gasteiger charge is -2.20. The Hall–Kier alpha value is -4.00. The number of nitrogens with zero attached hydrogens (tertiary/aromatic N) is 1. The fraction of sp³-hybridized carbons (Fsp3) is 0.310. The van der Waals surface area contributed by atoms with Gasteiger partial charge in [0.05, 0.1) is 12.2 Å². The van der Waals surface area contributed by atoms with E-state index in [2.05, 4.69) is 10.6 Å². The molecule has 2 amide bonds. The largest absolute Gasteiger partial charge is 0.490 e. The van der Waals surface area contributed by atoms with Gasteiger partial charge in [0, 0.05) is 24.3 Å². The zero-order valence-corrected chi connectivity index (χ0v) is 20.4. The molecule has 3 aromatic carbocycles. The third-order valence-electron chi connectivity index (χ3n) is 5.99. The van der Waals surface area contributed by atoms with Gasteiger partial charge in [-0.1, -0.05) is 43.2 Å². The number of benzene rings is 3. The first-order valence-corrected chi connectivity index (χ1v) is 12.5. The average Bonchev–Trinajstić information content (AvgIpc) is 3.21. The van der Waals surface area contributed by atoms with Gasteiger partial charge in [0.1, 0.15) is 24.7 Å². The Morgan fingerprint density at radius 3 is 2.17 bits per heavy atom. The lowest BCUT2D eigenvalue weighted by atomic mass is 10.1. The highest BCUT2D eigenvalue weighted by Gasteiger charge is 2.17. The zero-order valence-electron chi connectivity index (χ0n) is 20.4. The molecular formula is C29H33N3O4. The van der Waals surface area contributed by atoms with Crippen molar-refractivity contribution in [3.8, 4) is 11.5 Å². The maximum Gasteiger partial charge on any atom is 0.253 e. The Morgan fingerprint density at radius 2 is 1.42 bits per heavy atom. The van der Waals surface area contributed by atoms with Crippen molar-refractivity contribution in [2.24, 2.45) is 0 Å². The van der Waals surface area contributed by atoms with Crippen LogP contribution in [0.4, 0.5) is 11.4 Å². The number of nitrogens with one attached hydrogen (secondary N) is 2. The Morgan fingerprint density at radius 1 is 0.750 bits per heavy atom. The van der Waals surface area contributed by atoms with Crippen LogP contribution in [0.5, 0.6) is 11.5 Å². The summed E-state index contributed by atoms with van der Waals surface area (Å²) >= 11 is 0. The van der Waals surface area contributed by atoms with E-state index < -0.39 is 0 Å². The quantitative estimate of drug-likeness (QED) is 0.384. The molecule has 7 heteroatoms. The SMILES string of the molecule is O=C(CNc1ccc(C(=O)N2CCCCCC2)cc1)Nc1ccccc1OCCOc1ccccc1. The predicted molar refractivity (Wildman–Crippen MR) is 142 cm³/mol. The van der Waals surface area contributed by atoms with Gasteiger partial charge in [-0.3, -0.25) is 9.59 Å². The minimum absolute atomic E-state index is 0.0759. The summed E-state index contributed by atoms with van der Waals surface area (Å²) < 4.78 is 11.5. The van der Waals surface area contributed by atoms with Crippen LogP contribution in [0, 0.1) is 0 Å². The van der Waals surface area contributed by atoms with Crippen molar-refractivity contribution in [3.05, 3.63) is 84.4 Å². The van der Waals surface area contributed by atoms with Crippen LogP contribution in [0.3, 0.4) is 0 Å². The second-order valence-corrected chi connectivity index (χ2v) is 8.69. The number of carbonyl (C=O) groups excluding carboxylic acids is 2. The van der Waals surface area contributed by atoms with Gasteiger partial charge in [0.15, 0.2) is 0 Å². The van der Waals surface area contributed by atoms with Crippen LogP contribution in [-0.2, 0) is 4.79 Å². The van der Waals surface area contributed by atoms with Crippen molar-refractivity contribution in [2.75, 3.05) is 43.5 Å². The van der Waals surface area contributed by atoms with Crippen LogP contribution in [0.1, 0.15) is 36.0 Å². The molecule has 1 fully saturated rings. The molecule has 0 radical (unpaired) electrons. The number of para-hydroxylation sites is 3. The third kappa shape index (κ3) is 7.50. The van der Waals surface area contributed by atoms with Crippen molar-refractivity contribution in [2.45, 2.75) is 25.7 Å². The van der Waals surface area contributed by atoms with Crippen LogP contribution in [-0.4, -0.2) is 49.6 Å². The van der Waals surface area contributed by atoms with E-state index in [1.807, 2.05) is 77.7 Å². The Kier molecular flexibility index (Phi) is 9.19. The maximum atomic E-state index is 12.8. The monoisotopic (exact) mass is 487 g/mol. The minimum atomic E-state index is -0.198. The van der Waals surface area contributed by atoms with Gasteiger partial charge in [-0.05, 0) is 61.4 Å². The number of anilines is 2. The average molecular weight is 488 g/mol. The Balaban J connectivity index is 1.23. The van der Waals surface area contributed by atoms with Crippen molar-refractivity contribution < 1.29 is 19.1 Å². The number of hydrogen-bond donors (Lipinski definition) is 2. The van der Waals surface area contributed by atoms with E-state index in [9.17, 15) is 9.59 Å². The van der Waals surface area contributed by atoms with E-state index in [0.717, 1.165) is 37.4 Å². The molecule has 4 rings (SSSR count). The molecule has 188 valence electrons. The normalized spacial score (nSPS) is 13.4. The summed E-state index contributed by atoms with van der Waals surface area (Å²) in [6, 6.07) is 24.2. The van der Waals surface area contributed by atoms with Gasteiger partial charge < -0.3 is 25.0 Å². The topological polar surface area (TPSA) is 79.9 Å². The molecule has 0 aromatic heterocycles. The number of hydrogen-bond acceptors (Lipinski definition) is 5. The smallest absolute Gasteiger partial charge is 0.253 e. The number of rotatable bonds is 10. The Bertz CT molecular complexity index is 1110. The fourth-order valence-corrected chi connectivity index (χ4v) is 4.09. The summed E-state index contributed by atoms with van der Waals surface area (Å²) in [5, 5.41) is 6.00. The van der Waals surface area contributed by atoms with Gasteiger partial charge in [-0.2, -0.15) is 0 Å². The van der Waals surface area contributed by atoms with E-state index >= 15 is 0 Å². The highest BCUT2D eigenvalue weighted by molar-refractivity contribution is 5.96. The van der Waals surface area contributed by atoms with Gasteiger partial charge in [-0.15, -0.1) is 0 Å². The first-order chi connectivity index (χ1) is 17.7. The fourth-order valence-electron chi connectivity index (χ4n) is 4.09. The highest BCUT2D eigenvalue weighted by atomic mass is 16.5. The van der Waals surface area contributed by atoms with Crippen molar-refractivity contribution in [1.82, 2.24) is 4.90 Å². The third-order valence-corrected chi connectivity index (χ3v) is 5.99. The van der Waals surface area contributed by atoms with Crippen LogP contribution >= 0.6 is 0 Å². The maximum absolute atomic E-state index is 12.8. The summed E-state index contributed by atoms with van der Waals surface area (Å²) in [4.78, 5) is 27.2. The molecule has 0 saturated carbocycles. The molecule has 3 aromatic rings. The molecule has 0 bridgehead atoms. The van der Waals surface area contributed by atoms with Gasteiger partial charge >= 0.3 is 0 Å². The first-order valence-electron chi connectivity index (χ1n) is 12.5. The second-order valence-electron chi connectivity index (χ2n) is 8.69. The number of carbonyl (C=O) groups is 2. The molecule has 0 atom stereocenters. The van der Waals surface area contributed by atoms with Crippen LogP contribution in [0.2, 0.25) is 0 Å². The van der Waals surface area contributed by atoms with Gasteiger partial charge in [0.2, 0.25) is 5.91 Å². The molecular weight excluding hydrogens is 454 g/mol. The zero-order chi connectivity index (χ0) is 25.0. The summed E-state index contributed by atoms with van der Waals surface area (Å²) in [7, 11) is 0. The van der Waals surface area contributed by atoms with E-state index in [-0.39, 0.29) is 18.4 Å². The predicted octanol–water partition coefficient (Wildman–Crippen LogP) is 5.21. The van der Waals surface area contributed by atoms with Crippen molar-refractivity contribution in [3.63, 3.8) is 0 Å². The van der Waals surface area contributed by atoms with Crippen molar-refractivity contribution >= 4 is 23.2 Å². The van der Waals surface area contributed by atoms with E-state index in [1.165, 1.54) is 12.8 Å². The summed E-state index contributed by atoms with van der Waals surface area (Å²) in [6.07, 6.45) is 4.51. The van der Waals surface area contributed by atoms with Crippen LogP contribution in [0.25, 0.3) is 0 Å². The number of likely N-dealkylation sites (tertiary alicyclic amines) is 1. The second kappa shape index (κ2) is 13.2. The van der Waals surface area contributed by atoms with Crippen LogP contribution in [0.15, 0.2) is 78.9 Å². The summed E-state index contributed by atoms with van der Waals surface area (Å²) in [5.41, 5.74) is 2.05. The van der Waals surface area contributed by atoms with Crippen molar-refractivity contribution in [1.29, 1.82) is 0 Å². The lowest BCUT2D eigenvalue weighted by molar-refractivity contribution is -0.114. The molecule has 1 aliphatic heterocycles. The number of ether oxygens (including phenoxy) is 2. The minimum Gasteiger partial charge on any atom is -0.490 e. The molecule has 7 nitrogen and oxygen atoms in total. The highest BCUT2D eigenvalue weighted by Crippen LogP contribution is 2.24. The molecule has 36 heavy (non-hydrogen) atoms. The number of amides is 2.